The number of nitrogens with zero attached hydrogens (tertiary/aromatic N) is 7. The van der Waals surface area contributed by atoms with Crippen LogP contribution in [0.2, 0.25) is 0 Å². The molecule has 0 saturated carbocycles. The normalized spacial score (nSPS) is 16.3. The smallest absolute Gasteiger partial charge is 0.252 e. The van der Waals surface area contributed by atoms with Gasteiger partial charge in [-0.2, -0.15) is 0 Å². The van der Waals surface area contributed by atoms with E-state index < -0.39 is 11.6 Å². The molecule has 1 aliphatic heterocycles. The third-order valence-corrected chi connectivity index (χ3v) is 8.39. The van der Waals surface area contributed by atoms with Gasteiger partial charge in [0.1, 0.15) is 11.5 Å². The molecule has 0 saturated heterocycles. The van der Waals surface area contributed by atoms with E-state index in [1.807, 2.05) is 84.9 Å². The van der Waals surface area contributed by atoms with Crippen LogP contribution in [0.25, 0.3) is 20.9 Å². The topological polar surface area (TPSA) is 187 Å². The fraction of sp³-hybridized carbons (Fsp3) is 0.297. The molecule has 5 rings (SSSR count). The molecular formula is C37H38N8O5. The number of nitrogens with one attached hydrogen (secondary N) is 1. The molecule has 2 N–H and O–H groups in total. The van der Waals surface area contributed by atoms with Crippen LogP contribution in [0.3, 0.4) is 0 Å². The second kappa shape index (κ2) is 17.4. The molecule has 0 bridgehead atoms. The number of hydrogen-bond donors (Lipinski definition) is 2. The molecule has 0 aliphatic carbocycles. The maximum atomic E-state index is 14.8. The van der Waals surface area contributed by atoms with Crippen LogP contribution in [0, 0.1) is 0 Å². The average molecular weight is 675 g/mol. The van der Waals surface area contributed by atoms with E-state index >= 15 is 0 Å². The van der Waals surface area contributed by atoms with Gasteiger partial charge in [-0.25, -0.2) is 4.99 Å². The van der Waals surface area contributed by atoms with Crippen LogP contribution < -0.4 is 14.8 Å². The highest BCUT2D eigenvalue weighted by atomic mass is 16.5. The molecule has 0 aromatic heterocycles. The minimum absolute atomic E-state index is 0.0287. The van der Waals surface area contributed by atoms with Gasteiger partial charge >= 0.3 is 0 Å². The summed E-state index contributed by atoms with van der Waals surface area (Å²) in [5.41, 5.74) is 21.2. The van der Waals surface area contributed by atoms with Crippen LogP contribution in [-0.2, 0) is 35.5 Å². The van der Waals surface area contributed by atoms with Crippen LogP contribution in [0.1, 0.15) is 45.9 Å². The average Bonchev–Trinajstić information content (AvgIpc) is 3.54. The maximum absolute atomic E-state index is 14.8. The molecule has 0 radical (unpaired) electrons. The Hall–Kier alpha value is -6.00. The van der Waals surface area contributed by atoms with E-state index in [1.165, 1.54) is 0 Å². The predicted molar refractivity (Wildman–Crippen MR) is 189 cm³/mol. The standard InChI is InChI=1S/C37H38N8O5/c1-48-32-12-6-8-26(22-32)18-19-40-36(47)37(23-28-9-2-3-10-29(28)24-41-44-38)34(33-13-5-4-11-30(33)25-42-45-39)50-35(43-37)27-14-16-31(17-15-27)49-21-7-20-46/h2-6,8-17,22,34,46H,7,18-21,23-25H2,1H3,(H,40,47)/t34-,37-/m1/s1. The van der Waals surface area contributed by atoms with Crippen molar-refractivity contribution in [3.63, 3.8) is 0 Å². The molecule has 4 aromatic rings. The lowest BCUT2D eigenvalue weighted by atomic mass is 9.79. The molecule has 13 heteroatoms. The Morgan fingerprint density at radius 3 is 2.34 bits per heavy atom. The van der Waals surface area contributed by atoms with Crippen LogP contribution >= 0.6 is 0 Å². The molecule has 0 fully saturated rings. The molecule has 2 atom stereocenters. The number of amides is 1. The number of aliphatic hydroxyl groups is 1. The first kappa shape index (κ1) is 35.3. The lowest BCUT2D eigenvalue weighted by molar-refractivity contribution is -0.128. The van der Waals surface area contributed by atoms with E-state index in [4.69, 9.17) is 35.4 Å². The number of azide groups is 2. The summed E-state index contributed by atoms with van der Waals surface area (Å²) < 4.78 is 17.8. The molecule has 4 aromatic carbocycles. The molecular weight excluding hydrogens is 636 g/mol. The molecule has 50 heavy (non-hydrogen) atoms. The SMILES string of the molecule is COc1cccc(CCNC(=O)[C@]2(Cc3ccccc3CN=[N+]=[N-])N=C(c3ccc(OCCCO)cc3)O[C@@H]2c2ccccc2CN=[N+]=[N-])c1. The fourth-order valence-electron chi connectivity index (χ4n) is 5.88. The summed E-state index contributed by atoms with van der Waals surface area (Å²) in [6.07, 6.45) is 0.235. The number of aliphatic imine (C=N–C) groups is 1. The number of methoxy groups -OCH3 is 1. The number of carbonyl (C=O) groups is 1. The van der Waals surface area contributed by atoms with Crippen LogP contribution in [0.4, 0.5) is 0 Å². The van der Waals surface area contributed by atoms with Gasteiger partial charge in [0.25, 0.3) is 5.91 Å². The van der Waals surface area contributed by atoms with Crippen molar-refractivity contribution in [1.29, 1.82) is 0 Å². The largest absolute Gasteiger partial charge is 0.497 e. The minimum atomic E-state index is -1.53. The van der Waals surface area contributed by atoms with Crippen LogP contribution in [-0.4, -0.2) is 49.3 Å². The number of ether oxygens (including phenoxy) is 3. The number of benzene rings is 4. The highest BCUT2D eigenvalue weighted by molar-refractivity contribution is 6.01. The van der Waals surface area contributed by atoms with Gasteiger partial charge in [0, 0.05) is 41.4 Å². The van der Waals surface area contributed by atoms with Crippen molar-refractivity contribution in [3.8, 4) is 11.5 Å². The van der Waals surface area contributed by atoms with Crippen molar-refractivity contribution < 1.29 is 24.1 Å². The van der Waals surface area contributed by atoms with Crippen molar-refractivity contribution >= 4 is 11.8 Å². The van der Waals surface area contributed by atoms with Crippen LogP contribution in [0.5, 0.6) is 11.5 Å². The van der Waals surface area contributed by atoms with E-state index in [2.05, 4.69) is 25.4 Å². The third kappa shape index (κ3) is 8.53. The van der Waals surface area contributed by atoms with Crippen molar-refractivity contribution in [2.24, 2.45) is 15.2 Å². The van der Waals surface area contributed by atoms with E-state index in [0.717, 1.165) is 22.4 Å². The van der Waals surface area contributed by atoms with Crippen molar-refractivity contribution in [1.82, 2.24) is 5.32 Å². The highest BCUT2D eigenvalue weighted by Gasteiger charge is 2.54. The summed E-state index contributed by atoms with van der Waals surface area (Å²) in [7, 11) is 1.61. The molecule has 0 spiro atoms. The summed E-state index contributed by atoms with van der Waals surface area (Å²) >= 11 is 0. The zero-order valence-corrected chi connectivity index (χ0v) is 27.7. The molecule has 0 unspecified atom stereocenters. The zero-order chi connectivity index (χ0) is 35.2. The first-order valence-corrected chi connectivity index (χ1v) is 16.2. The van der Waals surface area contributed by atoms with Gasteiger partial charge in [0.05, 0.1) is 26.8 Å². The third-order valence-electron chi connectivity index (χ3n) is 8.39. The van der Waals surface area contributed by atoms with Gasteiger partial charge in [-0.1, -0.05) is 70.9 Å². The van der Waals surface area contributed by atoms with Gasteiger partial charge < -0.3 is 24.6 Å². The van der Waals surface area contributed by atoms with Crippen molar-refractivity contribution in [2.45, 2.75) is 44.0 Å². The lowest BCUT2D eigenvalue weighted by Gasteiger charge is -2.32. The Kier molecular flexibility index (Phi) is 12.3. The highest BCUT2D eigenvalue weighted by Crippen LogP contribution is 2.44. The molecule has 256 valence electrons. The van der Waals surface area contributed by atoms with E-state index in [0.29, 0.717) is 48.4 Å². The van der Waals surface area contributed by atoms with Crippen LogP contribution in [0.15, 0.2) is 112 Å². The van der Waals surface area contributed by atoms with Gasteiger partial charge in [0.15, 0.2) is 11.6 Å². The summed E-state index contributed by atoms with van der Waals surface area (Å²) in [6, 6.07) is 29.7. The number of rotatable bonds is 17. The number of hydrogen-bond acceptors (Lipinski definition) is 8. The van der Waals surface area contributed by atoms with Gasteiger partial charge in [-0.3, -0.25) is 4.79 Å². The fourth-order valence-corrected chi connectivity index (χ4v) is 5.88. The van der Waals surface area contributed by atoms with E-state index in [9.17, 15) is 4.79 Å². The van der Waals surface area contributed by atoms with E-state index in [-0.39, 0.29) is 37.9 Å². The van der Waals surface area contributed by atoms with E-state index in [1.54, 1.807) is 19.2 Å². The summed E-state index contributed by atoms with van der Waals surface area (Å²) in [5.74, 6) is 1.24. The minimum Gasteiger partial charge on any atom is -0.497 e. The van der Waals surface area contributed by atoms with Gasteiger partial charge in [0.2, 0.25) is 5.90 Å². The first-order chi connectivity index (χ1) is 24.5. The number of aliphatic hydroxyl groups excluding tert-OH is 1. The molecule has 1 amide bonds. The monoisotopic (exact) mass is 674 g/mol. The quantitative estimate of drug-likeness (QED) is 0.0531. The Morgan fingerprint density at radius 2 is 1.62 bits per heavy atom. The molecule has 1 heterocycles. The van der Waals surface area contributed by atoms with Gasteiger partial charge in [-0.15, -0.1) is 0 Å². The number of carbonyl (C=O) groups excluding carboxylic acids is 1. The Bertz CT molecular complexity index is 1900. The second-order valence-corrected chi connectivity index (χ2v) is 11.6. The Morgan fingerprint density at radius 1 is 0.920 bits per heavy atom. The molecule has 1 aliphatic rings. The zero-order valence-electron chi connectivity index (χ0n) is 27.7. The maximum Gasteiger partial charge on any atom is 0.252 e. The van der Waals surface area contributed by atoms with Gasteiger partial charge in [-0.05, 0) is 81.7 Å². The second-order valence-electron chi connectivity index (χ2n) is 11.6. The van der Waals surface area contributed by atoms with Crippen molar-refractivity contribution in [3.05, 3.63) is 151 Å². The summed E-state index contributed by atoms with van der Waals surface area (Å²) in [4.78, 5) is 25.8. The molecule has 13 nitrogen and oxygen atoms in total. The van der Waals surface area contributed by atoms with Crippen molar-refractivity contribution in [2.75, 3.05) is 26.9 Å². The first-order valence-electron chi connectivity index (χ1n) is 16.2. The summed E-state index contributed by atoms with van der Waals surface area (Å²) in [5, 5.41) is 19.9. The predicted octanol–water partition coefficient (Wildman–Crippen LogP) is 6.94. The lowest BCUT2D eigenvalue weighted by Crippen LogP contribution is -2.50. The Balaban J connectivity index is 1.60. The Labute approximate surface area is 289 Å². The summed E-state index contributed by atoms with van der Waals surface area (Å²) in [6.45, 7) is 0.842.